The fourth-order valence-electron chi connectivity index (χ4n) is 2.46. The molecule has 0 aromatic heterocycles. The SMILES string of the molecule is Cl.O=C(CN1CCCC1=O)NCC1CCCNC1. The predicted octanol–water partition coefficient (Wildman–Crippen LogP) is 0.146. The highest BCUT2D eigenvalue weighted by Gasteiger charge is 2.22. The lowest BCUT2D eigenvalue weighted by molar-refractivity contribution is -0.133. The Hall–Kier alpha value is -0.810. The first kappa shape index (κ1) is 15.2. The fourth-order valence-corrected chi connectivity index (χ4v) is 2.46. The second-order valence-corrected chi connectivity index (χ2v) is 4.94. The molecule has 2 aliphatic heterocycles. The van der Waals surface area contributed by atoms with Crippen LogP contribution in [0.1, 0.15) is 25.7 Å². The Labute approximate surface area is 114 Å². The molecule has 0 radical (unpaired) electrons. The Morgan fingerprint density at radius 3 is 2.89 bits per heavy atom. The van der Waals surface area contributed by atoms with E-state index in [-0.39, 0.29) is 30.8 Å². The molecule has 2 N–H and O–H groups in total. The molecule has 1 unspecified atom stereocenters. The smallest absolute Gasteiger partial charge is 0.239 e. The van der Waals surface area contributed by atoms with Gasteiger partial charge in [0.15, 0.2) is 0 Å². The summed E-state index contributed by atoms with van der Waals surface area (Å²) in [5.74, 6) is 0.632. The minimum absolute atomic E-state index is 0. The van der Waals surface area contributed by atoms with E-state index in [0.29, 0.717) is 12.3 Å². The number of piperidine rings is 1. The number of hydrogen-bond acceptors (Lipinski definition) is 3. The van der Waals surface area contributed by atoms with E-state index >= 15 is 0 Å². The molecule has 5 nitrogen and oxygen atoms in total. The summed E-state index contributed by atoms with van der Waals surface area (Å²) in [5, 5.41) is 6.25. The monoisotopic (exact) mass is 275 g/mol. The van der Waals surface area contributed by atoms with Gasteiger partial charge in [0, 0.05) is 19.5 Å². The number of carbonyl (C=O) groups excluding carboxylic acids is 2. The average molecular weight is 276 g/mol. The topological polar surface area (TPSA) is 61.4 Å². The van der Waals surface area contributed by atoms with Gasteiger partial charge in [0.2, 0.25) is 11.8 Å². The van der Waals surface area contributed by atoms with E-state index in [1.807, 2.05) is 0 Å². The summed E-state index contributed by atoms with van der Waals surface area (Å²) >= 11 is 0. The van der Waals surface area contributed by atoms with Gasteiger partial charge in [0.25, 0.3) is 0 Å². The molecule has 2 heterocycles. The van der Waals surface area contributed by atoms with Gasteiger partial charge in [-0.05, 0) is 38.3 Å². The number of hydrogen-bond donors (Lipinski definition) is 2. The standard InChI is InChI=1S/C12H21N3O2.ClH/c16-11(9-15-6-2-4-12(15)17)14-8-10-3-1-5-13-7-10;/h10,13H,1-9H2,(H,14,16);1H. The predicted molar refractivity (Wildman–Crippen MR) is 71.7 cm³/mol. The summed E-state index contributed by atoms with van der Waals surface area (Å²) in [4.78, 5) is 24.7. The number of likely N-dealkylation sites (tertiary alicyclic amines) is 1. The Balaban J connectivity index is 0.00000162. The molecule has 1 atom stereocenters. The largest absolute Gasteiger partial charge is 0.354 e. The Bertz CT molecular complexity index is 293. The summed E-state index contributed by atoms with van der Waals surface area (Å²) < 4.78 is 0. The van der Waals surface area contributed by atoms with Crippen LogP contribution in [0.2, 0.25) is 0 Å². The van der Waals surface area contributed by atoms with Crippen LogP contribution in [0.3, 0.4) is 0 Å². The van der Waals surface area contributed by atoms with E-state index in [1.165, 1.54) is 12.8 Å². The summed E-state index contributed by atoms with van der Waals surface area (Å²) in [7, 11) is 0. The molecule has 0 aliphatic carbocycles. The number of amides is 2. The minimum Gasteiger partial charge on any atom is -0.354 e. The molecule has 2 fully saturated rings. The fraction of sp³-hybridized carbons (Fsp3) is 0.833. The van der Waals surface area contributed by atoms with E-state index in [1.54, 1.807) is 4.90 Å². The average Bonchev–Trinajstić information content (AvgIpc) is 2.74. The van der Waals surface area contributed by atoms with Crippen molar-refractivity contribution in [3.05, 3.63) is 0 Å². The molecule has 2 rings (SSSR count). The zero-order chi connectivity index (χ0) is 12.1. The quantitative estimate of drug-likeness (QED) is 0.768. The van der Waals surface area contributed by atoms with Crippen LogP contribution >= 0.6 is 12.4 Å². The second-order valence-electron chi connectivity index (χ2n) is 4.94. The maximum Gasteiger partial charge on any atom is 0.239 e. The number of nitrogens with one attached hydrogen (secondary N) is 2. The molecule has 0 spiro atoms. The van der Waals surface area contributed by atoms with Crippen LogP contribution in [0, 0.1) is 5.92 Å². The Morgan fingerprint density at radius 2 is 2.28 bits per heavy atom. The molecular weight excluding hydrogens is 254 g/mol. The third-order valence-corrected chi connectivity index (χ3v) is 3.49. The summed E-state index contributed by atoms with van der Waals surface area (Å²) in [6, 6.07) is 0. The lowest BCUT2D eigenvalue weighted by Gasteiger charge is -2.23. The Kier molecular flexibility index (Phi) is 6.43. The first-order valence-corrected chi connectivity index (χ1v) is 6.51. The number of nitrogens with zero attached hydrogens (tertiary/aromatic N) is 1. The molecule has 2 aliphatic rings. The van der Waals surface area contributed by atoms with Gasteiger partial charge in [-0.2, -0.15) is 0 Å². The van der Waals surface area contributed by atoms with Gasteiger partial charge < -0.3 is 15.5 Å². The van der Waals surface area contributed by atoms with Crippen LogP contribution in [-0.4, -0.2) is 49.4 Å². The zero-order valence-corrected chi connectivity index (χ0v) is 11.4. The Morgan fingerprint density at radius 1 is 1.44 bits per heavy atom. The van der Waals surface area contributed by atoms with Gasteiger partial charge in [-0.15, -0.1) is 12.4 Å². The molecule has 0 aromatic carbocycles. The van der Waals surface area contributed by atoms with Crippen molar-refractivity contribution >= 4 is 24.2 Å². The highest BCUT2D eigenvalue weighted by Crippen LogP contribution is 2.10. The van der Waals surface area contributed by atoms with Crippen LogP contribution < -0.4 is 10.6 Å². The normalized spacial score (nSPS) is 23.7. The highest BCUT2D eigenvalue weighted by molar-refractivity contribution is 5.86. The third-order valence-electron chi connectivity index (χ3n) is 3.49. The van der Waals surface area contributed by atoms with Gasteiger partial charge in [0.1, 0.15) is 0 Å². The van der Waals surface area contributed by atoms with E-state index in [4.69, 9.17) is 0 Å². The highest BCUT2D eigenvalue weighted by atomic mass is 35.5. The zero-order valence-electron chi connectivity index (χ0n) is 10.6. The maximum atomic E-state index is 11.7. The molecule has 6 heteroatoms. The van der Waals surface area contributed by atoms with Crippen molar-refractivity contribution in [1.82, 2.24) is 15.5 Å². The summed E-state index contributed by atoms with van der Waals surface area (Å²) in [6.45, 7) is 3.78. The van der Waals surface area contributed by atoms with Gasteiger partial charge in [0.05, 0.1) is 6.54 Å². The first-order chi connectivity index (χ1) is 8.25. The molecule has 2 amide bonds. The van der Waals surface area contributed by atoms with Crippen molar-refractivity contribution in [2.45, 2.75) is 25.7 Å². The third kappa shape index (κ3) is 4.46. The molecule has 18 heavy (non-hydrogen) atoms. The molecule has 2 saturated heterocycles. The summed E-state index contributed by atoms with van der Waals surface area (Å²) in [5.41, 5.74) is 0. The first-order valence-electron chi connectivity index (χ1n) is 6.51. The van der Waals surface area contributed by atoms with Crippen molar-refractivity contribution < 1.29 is 9.59 Å². The van der Waals surface area contributed by atoms with E-state index in [2.05, 4.69) is 10.6 Å². The van der Waals surface area contributed by atoms with Crippen molar-refractivity contribution in [3.63, 3.8) is 0 Å². The van der Waals surface area contributed by atoms with Crippen LogP contribution in [0.15, 0.2) is 0 Å². The molecule has 104 valence electrons. The number of carbonyl (C=O) groups is 2. The second kappa shape index (κ2) is 7.59. The van der Waals surface area contributed by atoms with Crippen molar-refractivity contribution in [2.75, 3.05) is 32.7 Å². The molecule has 0 saturated carbocycles. The van der Waals surface area contributed by atoms with Crippen molar-refractivity contribution in [2.24, 2.45) is 5.92 Å². The van der Waals surface area contributed by atoms with Crippen molar-refractivity contribution in [3.8, 4) is 0 Å². The number of halogens is 1. The van der Waals surface area contributed by atoms with Crippen molar-refractivity contribution in [1.29, 1.82) is 0 Å². The van der Waals surface area contributed by atoms with Gasteiger partial charge >= 0.3 is 0 Å². The van der Waals surface area contributed by atoms with E-state index in [9.17, 15) is 9.59 Å². The molecule has 0 bridgehead atoms. The van der Waals surface area contributed by atoms with Crippen LogP contribution in [0.5, 0.6) is 0 Å². The molecular formula is C12H22ClN3O2. The van der Waals surface area contributed by atoms with Gasteiger partial charge in [-0.1, -0.05) is 0 Å². The van der Waals surface area contributed by atoms with Gasteiger partial charge in [-0.25, -0.2) is 0 Å². The minimum atomic E-state index is -0.0224. The lowest BCUT2D eigenvalue weighted by atomic mass is 10.00. The lowest BCUT2D eigenvalue weighted by Crippen LogP contribution is -2.42. The van der Waals surface area contributed by atoms with E-state index in [0.717, 1.165) is 32.6 Å². The summed E-state index contributed by atoms with van der Waals surface area (Å²) in [6.07, 6.45) is 3.85. The molecule has 0 aromatic rings. The van der Waals surface area contributed by atoms with Crippen LogP contribution in [0.4, 0.5) is 0 Å². The number of rotatable bonds is 4. The maximum absolute atomic E-state index is 11.7. The van der Waals surface area contributed by atoms with Gasteiger partial charge in [-0.3, -0.25) is 9.59 Å². The van der Waals surface area contributed by atoms with Crippen LogP contribution in [0.25, 0.3) is 0 Å². The van der Waals surface area contributed by atoms with Crippen LogP contribution in [-0.2, 0) is 9.59 Å². The van der Waals surface area contributed by atoms with E-state index < -0.39 is 0 Å².